The third-order valence-corrected chi connectivity index (χ3v) is 8.94. The summed E-state index contributed by atoms with van der Waals surface area (Å²) in [6.07, 6.45) is 4.96. The fraction of sp³-hybridized carbons (Fsp3) is 0.185. The van der Waals surface area contributed by atoms with E-state index in [1.807, 2.05) is 73.0 Å². The van der Waals surface area contributed by atoms with Gasteiger partial charge in [0.2, 0.25) is 0 Å². The number of pyridine rings is 1. The Morgan fingerprint density at radius 3 is 2.38 bits per heavy atom. The molecule has 0 atom stereocenters. The number of rotatable bonds is 6. The van der Waals surface area contributed by atoms with E-state index in [0.717, 1.165) is 32.6 Å². The largest absolute Gasteiger partial charge is 0.322 e. The highest BCUT2D eigenvalue weighted by Crippen LogP contribution is 2.36. The van der Waals surface area contributed by atoms with Gasteiger partial charge < -0.3 is 5.32 Å². The summed E-state index contributed by atoms with van der Waals surface area (Å²) in [7, 11) is -3.37. The lowest BCUT2D eigenvalue weighted by Crippen LogP contribution is -2.28. The summed E-state index contributed by atoms with van der Waals surface area (Å²) in [5, 5.41) is 3.78. The van der Waals surface area contributed by atoms with E-state index < -0.39 is 14.6 Å². The van der Waals surface area contributed by atoms with Crippen LogP contribution in [0.5, 0.6) is 0 Å². The van der Waals surface area contributed by atoms with Crippen LogP contribution in [-0.2, 0) is 14.6 Å². The molecular formula is C27H26N2O3S2. The Kier molecular flexibility index (Phi) is 6.51. The molecule has 0 radical (unpaired) electrons. The number of nitrogens with zero attached hydrogens (tertiary/aromatic N) is 1. The van der Waals surface area contributed by atoms with Crippen molar-refractivity contribution < 1.29 is 13.2 Å². The third kappa shape index (κ3) is 4.72. The monoisotopic (exact) mass is 490 g/mol. The fourth-order valence-corrected chi connectivity index (χ4v) is 4.63. The maximum Gasteiger partial charge on any atom is 0.255 e. The Labute approximate surface area is 204 Å². The maximum absolute atomic E-state index is 13.0. The number of fused-ring (bicyclic) bond motifs is 1. The summed E-state index contributed by atoms with van der Waals surface area (Å²) >= 11 is 1.64. The van der Waals surface area contributed by atoms with Crippen molar-refractivity contribution in [3.05, 3.63) is 90.1 Å². The van der Waals surface area contributed by atoms with Crippen LogP contribution >= 0.6 is 11.8 Å². The first-order valence-electron chi connectivity index (χ1n) is 10.7. The molecule has 0 unspecified atom stereocenters. The van der Waals surface area contributed by atoms with E-state index in [1.54, 1.807) is 37.9 Å². The normalized spacial score (nSPS) is 12.0. The van der Waals surface area contributed by atoms with Gasteiger partial charge >= 0.3 is 0 Å². The second kappa shape index (κ2) is 9.24. The van der Waals surface area contributed by atoms with Gasteiger partial charge in [-0.05, 0) is 85.8 Å². The molecule has 7 heteroatoms. The van der Waals surface area contributed by atoms with Crippen molar-refractivity contribution in [1.82, 2.24) is 4.98 Å². The molecule has 0 spiro atoms. The zero-order valence-electron chi connectivity index (χ0n) is 19.5. The molecule has 4 rings (SSSR count). The number of thioether (sulfide) groups is 1. The van der Waals surface area contributed by atoms with E-state index in [1.165, 1.54) is 6.26 Å². The first-order chi connectivity index (χ1) is 16.1. The second-order valence-electron chi connectivity index (χ2n) is 8.64. The Hall–Kier alpha value is -3.16. The Morgan fingerprint density at radius 2 is 1.71 bits per heavy atom. The van der Waals surface area contributed by atoms with Crippen LogP contribution in [0.2, 0.25) is 0 Å². The van der Waals surface area contributed by atoms with Crippen LogP contribution in [0.4, 0.5) is 5.69 Å². The van der Waals surface area contributed by atoms with E-state index in [2.05, 4.69) is 10.3 Å². The number of carbonyl (C=O) groups is 1. The van der Waals surface area contributed by atoms with Gasteiger partial charge in [-0.1, -0.05) is 18.2 Å². The number of benzene rings is 3. The Bertz CT molecular complexity index is 1480. The van der Waals surface area contributed by atoms with Crippen molar-refractivity contribution in [1.29, 1.82) is 0 Å². The molecule has 0 aliphatic heterocycles. The van der Waals surface area contributed by atoms with Gasteiger partial charge in [-0.2, -0.15) is 0 Å². The quantitative estimate of drug-likeness (QED) is 0.328. The predicted molar refractivity (Wildman–Crippen MR) is 141 cm³/mol. The standard InChI is InChI=1S/C27H26N2O3S2/c1-27(2,34(4,31)32)21-16-19-9-6-14-28-25(19)24(17-21)18-7-5-8-20(15-18)26(30)29-22-10-12-23(33-3)13-11-22/h5-17H,1-4H3,(H,29,30). The molecule has 0 saturated heterocycles. The summed E-state index contributed by atoms with van der Waals surface area (Å²) < 4.78 is 24.0. The van der Waals surface area contributed by atoms with Gasteiger partial charge in [0.1, 0.15) is 0 Å². The number of carbonyl (C=O) groups excluding carboxylic acids is 1. The van der Waals surface area contributed by atoms with Gasteiger partial charge in [0.25, 0.3) is 5.91 Å². The molecule has 1 N–H and O–H groups in total. The smallest absolute Gasteiger partial charge is 0.255 e. The number of hydrogen-bond donors (Lipinski definition) is 1. The molecule has 4 aromatic rings. The predicted octanol–water partition coefficient (Wildman–Crippen LogP) is 6.16. The Morgan fingerprint density at radius 1 is 0.971 bits per heavy atom. The summed E-state index contributed by atoms with van der Waals surface area (Å²) in [6.45, 7) is 3.41. The zero-order valence-corrected chi connectivity index (χ0v) is 21.1. The van der Waals surface area contributed by atoms with E-state index >= 15 is 0 Å². The number of nitrogens with one attached hydrogen (secondary N) is 1. The van der Waals surface area contributed by atoms with E-state index in [4.69, 9.17) is 0 Å². The van der Waals surface area contributed by atoms with Gasteiger partial charge in [0.05, 0.1) is 10.3 Å². The molecule has 1 heterocycles. The van der Waals surface area contributed by atoms with E-state index in [0.29, 0.717) is 11.1 Å². The molecule has 0 fully saturated rings. The van der Waals surface area contributed by atoms with Crippen molar-refractivity contribution in [2.75, 3.05) is 17.8 Å². The van der Waals surface area contributed by atoms with Crippen LogP contribution in [0, 0.1) is 0 Å². The lowest BCUT2D eigenvalue weighted by molar-refractivity contribution is 0.102. The minimum absolute atomic E-state index is 0.219. The summed E-state index contributed by atoms with van der Waals surface area (Å²) in [5.41, 5.74) is 4.22. The fourth-order valence-electron chi connectivity index (χ4n) is 3.68. The van der Waals surface area contributed by atoms with Gasteiger partial charge in [0.15, 0.2) is 9.84 Å². The number of aromatic nitrogens is 1. The highest BCUT2D eigenvalue weighted by Gasteiger charge is 2.33. The SMILES string of the molecule is CSc1ccc(NC(=O)c2cccc(-c3cc(C(C)(C)S(C)(=O)=O)cc4cccnc34)c2)cc1. The number of hydrogen-bond acceptors (Lipinski definition) is 5. The summed E-state index contributed by atoms with van der Waals surface area (Å²) in [4.78, 5) is 18.6. The van der Waals surface area contributed by atoms with Crippen LogP contribution in [0.25, 0.3) is 22.0 Å². The van der Waals surface area contributed by atoms with Crippen LogP contribution in [-0.4, -0.2) is 31.8 Å². The van der Waals surface area contributed by atoms with Crippen LogP contribution in [0.1, 0.15) is 29.8 Å². The molecule has 5 nitrogen and oxygen atoms in total. The van der Waals surface area contributed by atoms with Crippen LogP contribution in [0.3, 0.4) is 0 Å². The molecular weight excluding hydrogens is 464 g/mol. The number of sulfone groups is 1. The van der Waals surface area contributed by atoms with Crippen molar-refractivity contribution >= 4 is 44.1 Å². The molecule has 0 bridgehead atoms. The van der Waals surface area contributed by atoms with Crippen molar-refractivity contribution in [2.24, 2.45) is 0 Å². The first kappa shape index (κ1) is 24.0. The molecule has 174 valence electrons. The van der Waals surface area contributed by atoms with Gasteiger partial charge in [-0.3, -0.25) is 9.78 Å². The van der Waals surface area contributed by atoms with Crippen molar-refractivity contribution in [3.8, 4) is 11.1 Å². The lowest BCUT2D eigenvalue weighted by atomic mass is 9.93. The van der Waals surface area contributed by atoms with Crippen molar-refractivity contribution in [3.63, 3.8) is 0 Å². The highest BCUT2D eigenvalue weighted by atomic mass is 32.2. The van der Waals surface area contributed by atoms with E-state index in [9.17, 15) is 13.2 Å². The summed E-state index contributed by atoms with van der Waals surface area (Å²) in [5.74, 6) is -0.219. The average Bonchev–Trinajstić information content (AvgIpc) is 2.83. The van der Waals surface area contributed by atoms with Gasteiger partial charge in [-0.25, -0.2) is 8.42 Å². The topological polar surface area (TPSA) is 76.1 Å². The molecule has 1 amide bonds. The van der Waals surface area contributed by atoms with Crippen molar-refractivity contribution in [2.45, 2.75) is 23.5 Å². The van der Waals surface area contributed by atoms with Gasteiger partial charge in [0, 0.05) is 39.5 Å². The first-order valence-corrected chi connectivity index (χ1v) is 13.9. The number of anilines is 1. The van der Waals surface area contributed by atoms with Gasteiger partial charge in [-0.15, -0.1) is 11.8 Å². The van der Waals surface area contributed by atoms with E-state index in [-0.39, 0.29) is 5.91 Å². The molecule has 34 heavy (non-hydrogen) atoms. The summed E-state index contributed by atoms with van der Waals surface area (Å²) in [6, 6.07) is 22.5. The zero-order chi connectivity index (χ0) is 24.5. The molecule has 3 aromatic carbocycles. The third-order valence-electron chi connectivity index (χ3n) is 6.11. The highest BCUT2D eigenvalue weighted by molar-refractivity contribution is 7.98. The molecule has 0 saturated carbocycles. The average molecular weight is 491 g/mol. The Balaban J connectivity index is 1.77. The second-order valence-corrected chi connectivity index (χ2v) is 12.1. The number of amides is 1. The minimum Gasteiger partial charge on any atom is -0.322 e. The molecule has 1 aromatic heterocycles. The van der Waals surface area contributed by atoms with Crippen LogP contribution in [0.15, 0.2) is 83.9 Å². The van der Waals surface area contributed by atoms with Crippen LogP contribution < -0.4 is 5.32 Å². The maximum atomic E-state index is 13.0. The lowest BCUT2D eigenvalue weighted by Gasteiger charge is -2.24. The molecule has 0 aliphatic carbocycles. The minimum atomic E-state index is -3.37. The molecule has 0 aliphatic rings.